The third-order valence-electron chi connectivity index (χ3n) is 2.33. The van der Waals surface area contributed by atoms with Crippen molar-refractivity contribution in [2.45, 2.75) is 0 Å². The van der Waals surface area contributed by atoms with Gasteiger partial charge in [0.25, 0.3) is 0 Å². The summed E-state index contributed by atoms with van der Waals surface area (Å²) >= 11 is 0. The van der Waals surface area contributed by atoms with E-state index in [2.05, 4.69) is 5.32 Å². The van der Waals surface area contributed by atoms with E-state index in [1.807, 2.05) is 0 Å². The minimum absolute atomic E-state index is 0.169. The molecule has 0 aliphatic heterocycles. The van der Waals surface area contributed by atoms with Crippen molar-refractivity contribution in [2.24, 2.45) is 0 Å². The van der Waals surface area contributed by atoms with Gasteiger partial charge in [-0.3, -0.25) is 4.79 Å². The lowest BCUT2D eigenvalue weighted by Crippen LogP contribution is -2.12. The molecule has 0 amide bonds. The van der Waals surface area contributed by atoms with Crippen molar-refractivity contribution >= 4 is 18.2 Å². The highest BCUT2D eigenvalue weighted by Crippen LogP contribution is 2.19. The molecule has 4 nitrogen and oxygen atoms in total. The summed E-state index contributed by atoms with van der Waals surface area (Å²) in [5.74, 6) is -0.508. The van der Waals surface area contributed by atoms with Crippen LogP contribution < -0.4 is 5.32 Å². The van der Waals surface area contributed by atoms with Gasteiger partial charge in [0, 0.05) is 35.7 Å². The van der Waals surface area contributed by atoms with E-state index in [1.165, 1.54) is 12.1 Å². The first-order valence-electron chi connectivity index (χ1n) is 4.95. The van der Waals surface area contributed by atoms with Crippen LogP contribution in [0.2, 0.25) is 0 Å². The molecule has 0 saturated heterocycles. The first kappa shape index (κ1) is 13.1. The van der Waals surface area contributed by atoms with Crippen molar-refractivity contribution in [2.75, 3.05) is 13.7 Å². The Morgan fingerprint density at radius 3 is 2.76 bits per heavy atom. The zero-order chi connectivity index (χ0) is 12.8. The minimum atomic E-state index is -0.508. The highest BCUT2D eigenvalue weighted by molar-refractivity contribution is 5.93. The molecule has 0 aliphatic rings. The van der Waals surface area contributed by atoms with Gasteiger partial charge in [0.15, 0.2) is 6.29 Å². The van der Waals surface area contributed by atoms with Gasteiger partial charge in [-0.2, -0.15) is 0 Å². The van der Waals surface area contributed by atoms with Crippen LogP contribution in [0, 0.1) is 11.2 Å². The summed E-state index contributed by atoms with van der Waals surface area (Å²) in [5, 5.41) is 19.1. The highest BCUT2D eigenvalue weighted by Gasteiger charge is 2.11. The number of aldehydes is 1. The first-order valence-corrected chi connectivity index (χ1v) is 4.95. The van der Waals surface area contributed by atoms with Crippen molar-refractivity contribution in [3.63, 3.8) is 0 Å². The lowest BCUT2D eigenvalue weighted by Gasteiger charge is -2.12. The molecule has 1 aromatic carbocycles. The molecule has 3 N–H and O–H groups in total. The number of carbonyl (C=O) groups is 1. The summed E-state index contributed by atoms with van der Waals surface area (Å²) in [4.78, 5) is 10.9. The zero-order valence-electron chi connectivity index (χ0n) is 9.33. The maximum atomic E-state index is 13.0. The largest absolute Gasteiger partial charge is 0.392 e. The number of halogens is 1. The summed E-state index contributed by atoms with van der Waals surface area (Å²) in [6, 6.07) is 3.77. The van der Waals surface area contributed by atoms with Gasteiger partial charge in [-0.05, 0) is 18.2 Å². The van der Waals surface area contributed by atoms with Crippen LogP contribution in [0.25, 0.3) is 5.70 Å². The lowest BCUT2D eigenvalue weighted by atomic mass is 10.0. The van der Waals surface area contributed by atoms with Crippen LogP contribution in [0.4, 0.5) is 4.39 Å². The molecule has 0 spiro atoms. The molecule has 0 fully saturated rings. The fourth-order valence-electron chi connectivity index (χ4n) is 1.52. The van der Waals surface area contributed by atoms with E-state index in [-0.39, 0.29) is 12.2 Å². The van der Waals surface area contributed by atoms with Gasteiger partial charge < -0.3 is 15.8 Å². The molecule has 0 atom stereocenters. The van der Waals surface area contributed by atoms with Crippen molar-refractivity contribution < 1.29 is 14.3 Å². The van der Waals surface area contributed by atoms with Gasteiger partial charge in [0.1, 0.15) is 5.82 Å². The van der Waals surface area contributed by atoms with Crippen LogP contribution in [0.5, 0.6) is 0 Å². The number of carbonyl (C=O) groups excluding carboxylic acids is 1. The molecule has 90 valence electrons. The summed E-state index contributed by atoms with van der Waals surface area (Å²) in [5.41, 5.74) is 1.38. The molecular formula is C12H13FN2O2. The summed E-state index contributed by atoms with van der Waals surface area (Å²) < 4.78 is 13.0. The third-order valence-corrected chi connectivity index (χ3v) is 2.33. The topological polar surface area (TPSA) is 73.2 Å². The lowest BCUT2D eigenvalue weighted by molar-refractivity contribution is 0.112. The molecule has 0 heterocycles. The van der Waals surface area contributed by atoms with Crippen molar-refractivity contribution in [1.82, 2.24) is 5.32 Å². The van der Waals surface area contributed by atoms with Gasteiger partial charge >= 0.3 is 0 Å². The van der Waals surface area contributed by atoms with E-state index in [1.54, 1.807) is 7.05 Å². The van der Waals surface area contributed by atoms with E-state index in [0.717, 1.165) is 12.3 Å². The summed E-state index contributed by atoms with van der Waals surface area (Å²) in [6.45, 7) is -0.338. The van der Waals surface area contributed by atoms with Gasteiger partial charge in [-0.15, -0.1) is 0 Å². The Bertz CT molecular complexity index is 470. The Morgan fingerprint density at radius 1 is 1.59 bits per heavy atom. The normalized spacial score (nSPS) is 11.7. The van der Waals surface area contributed by atoms with Crippen molar-refractivity contribution in [3.05, 3.63) is 40.7 Å². The van der Waals surface area contributed by atoms with Crippen LogP contribution in [0.1, 0.15) is 15.9 Å². The smallest absolute Gasteiger partial charge is 0.150 e. The third kappa shape index (κ3) is 2.76. The van der Waals surface area contributed by atoms with Crippen LogP contribution >= 0.6 is 0 Å². The van der Waals surface area contributed by atoms with Crippen LogP contribution in [0.15, 0.2) is 23.8 Å². The van der Waals surface area contributed by atoms with E-state index < -0.39 is 5.82 Å². The molecule has 0 saturated carbocycles. The molecular weight excluding hydrogens is 223 g/mol. The Hall–Kier alpha value is -2.01. The molecule has 0 unspecified atom stereocenters. The molecule has 0 radical (unpaired) electrons. The minimum Gasteiger partial charge on any atom is -0.392 e. The maximum absolute atomic E-state index is 13.0. The molecule has 1 aromatic rings. The Morgan fingerprint density at radius 2 is 2.29 bits per heavy atom. The van der Waals surface area contributed by atoms with E-state index in [4.69, 9.17) is 10.5 Å². The molecule has 0 bridgehead atoms. The Balaban J connectivity index is 3.44. The predicted molar refractivity (Wildman–Crippen MR) is 63.6 cm³/mol. The number of nitrogens with one attached hydrogen (secondary N) is 2. The van der Waals surface area contributed by atoms with Crippen LogP contribution in [0.3, 0.4) is 0 Å². The predicted octanol–water partition coefficient (Wildman–Crippen LogP) is 1.21. The molecule has 0 aromatic heterocycles. The standard InChI is InChI=1S/C12H13FN2O2/c1-15-12(9(5-14)7-17)11-3-2-10(13)4-8(11)6-16/h2-6,14-15,17H,7H2,1H3/b12-9+,14-5?. The van der Waals surface area contributed by atoms with Gasteiger partial charge in [0.05, 0.1) is 6.61 Å². The quantitative estimate of drug-likeness (QED) is 0.531. The van der Waals surface area contributed by atoms with Gasteiger partial charge in [-0.25, -0.2) is 4.39 Å². The molecule has 0 aliphatic carbocycles. The number of hydrogen-bond donors (Lipinski definition) is 3. The van der Waals surface area contributed by atoms with E-state index >= 15 is 0 Å². The van der Waals surface area contributed by atoms with Crippen LogP contribution in [-0.4, -0.2) is 31.3 Å². The Labute approximate surface area is 98.3 Å². The number of aliphatic hydroxyl groups excluding tert-OH is 1. The number of rotatable bonds is 5. The SMILES string of the molecule is CN/C(=C(\C=N)CO)c1ccc(F)cc1C=O. The van der Waals surface area contributed by atoms with Gasteiger partial charge in [0.2, 0.25) is 0 Å². The second-order valence-electron chi connectivity index (χ2n) is 3.30. The number of benzene rings is 1. The highest BCUT2D eigenvalue weighted by atomic mass is 19.1. The second-order valence-corrected chi connectivity index (χ2v) is 3.30. The van der Waals surface area contributed by atoms with Crippen molar-refractivity contribution in [1.29, 1.82) is 5.41 Å². The molecule has 17 heavy (non-hydrogen) atoms. The maximum Gasteiger partial charge on any atom is 0.150 e. The fraction of sp³-hybridized carbons (Fsp3) is 0.167. The Kier molecular flexibility index (Phi) is 4.54. The number of hydrogen-bond acceptors (Lipinski definition) is 4. The summed E-state index contributed by atoms with van der Waals surface area (Å²) in [7, 11) is 1.60. The monoisotopic (exact) mass is 236 g/mol. The number of aliphatic hydroxyl groups is 1. The van der Waals surface area contributed by atoms with E-state index in [0.29, 0.717) is 23.1 Å². The van der Waals surface area contributed by atoms with Crippen molar-refractivity contribution in [3.8, 4) is 0 Å². The average Bonchev–Trinajstić information content (AvgIpc) is 2.36. The van der Waals surface area contributed by atoms with E-state index in [9.17, 15) is 9.18 Å². The molecule has 5 heteroatoms. The average molecular weight is 236 g/mol. The summed E-state index contributed by atoms with van der Waals surface area (Å²) in [6.07, 6.45) is 1.53. The zero-order valence-corrected chi connectivity index (χ0v) is 9.33. The van der Waals surface area contributed by atoms with Crippen LogP contribution in [-0.2, 0) is 0 Å². The van der Waals surface area contributed by atoms with Gasteiger partial charge in [-0.1, -0.05) is 0 Å². The molecule has 1 rings (SSSR count). The first-order chi connectivity index (χ1) is 8.17. The fourth-order valence-corrected chi connectivity index (χ4v) is 1.52. The second kappa shape index (κ2) is 5.91.